The molecule has 1 heterocycles. The van der Waals surface area contributed by atoms with E-state index >= 15 is 0 Å². The molecule has 1 rings (SSSR count). The van der Waals surface area contributed by atoms with Crippen LogP contribution in [0.25, 0.3) is 0 Å². The number of aryl methyl sites for hydroxylation is 1. The van der Waals surface area contributed by atoms with Gasteiger partial charge in [0.2, 0.25) is 12.2 Å². The van der Waals surface area contributed by atoms with Crippen LogP contribution >= 0.6 is 0 Å². The van der Waals surface area contributed by atoms with Gasteiger partial charge in [-0.3, -0.25) is 4.79 Å². The van der Waals surface area contributed by atoms with Crippen molar-refractivity contribution in [3.8, 4) is 0 Å². The number of hydrogen-bond acceptors (Lipinski definition) is 5. The zero-order valence-corrected chi connectivity index (χ0v) is 11.7. The first-order valence-electron chi connectivity index (χ1n) is 6.55. The summed E-state index contributed by atoms with van der Waals surface area (Å²) in [6, 6.07) is 0. The molecular weight excluding hydrogens is 264 g/mol. The minimum absolute atomic E-state index is 0.178. The molecule has 112 valence electrons. The smallest absolute Gasteiger partial charge is 0.381 e. The molecule has 0 spiro atoms. The van der Waals surface area contributed by atoms with Crippen LogP contribution in [0.2, 0.25) is 0 Å². The highest BCUT2D eigenvalue weighted by Gasteiger charge is 2.22. The summed E-state index contributed by atoms with van der Waals surface area (Å²) in [6.07, 6.45) is 3.91. The van der Waals surface area contributed by atoms with Crippen molar-refractivity contribution >= 4 is 11.7 Å². The maximum atomic E-state index is 11.6. The van der Waals surface area contributed by atoms with Crippen LogP contribution in [0.4, 0.5) is 5.82 Å². The van der Waals surface area contributed by atoms with Crippen molar-refractivity contribution in [1.29, 1.82) is 0 Å². The van der Waals surface area contributed by atoms with E-state index in [1.807, 2.05) is 13.8 Å². The first-order valence-corrected chi connectivity index (χ1v) is 6.55. The van der Waals surface area contributed by atoms with Crippen LogP contribution in [-0.4, -0.2) is 37.6 Å². The van der Waals surface area contributed by atoms with E-state index in [-0.39, 0.29) is 24.7 Å². The van der Waals surface area contributed by atoms with Gasteiger partial charge in [-0.25, -0.2) is 0 Å². The highest BCUT2D eigenvalue weighted by molar-refractivity contribution is 5.75. The molecule has 8 heteroatoms. The zero-order chi connectivity index (χ0) is 15.2. The van der Waals surface area contributed by atoms with Crippen molar-refractivity contribution < 1.29 is 14.8 Å². The monoisotopic (exact) mass is 284 g/mol. The van der Waals surface area contributed by atoms with Crippen LogP contribution < -0.4 is 5.32 Å². The van der Waals surface area contributed by atoms with Crippen molar-refractivity contribution in [2.24, 2.45) is 0 Å². The summed E-state index contributed by atoms with van der Waals surface area (Å²) < 4.78 is 1.49. The lowest BCUT2D eigenvalue weighted by atomic mass is 9.97. The number of imidazole rings is 1. The quantitative estimate of drug-likeness (QED) is 0.543. The number of carbonyl (C=O) groups excluding carboxylic acids is 1. The fraction of sp³-hybridized carbons (Fsp3) is 0.667. The van der Waals surface area contributed by atoms with E-state index in [9.17, 15) is 20.0 Å². The van der Waals surface area contributed by atoms with Crippen molar-refractivity contribution in [1.82, 2.24) is 14.9 Å². The maximum absolute atomic E-state index is 11.6. The second-order valence-electron chi connectivity index (χ2n) is 4.68. The average Bonchev–Trinajstić information content (AvgIpc) is 2.91. The predicted molar refractivity (Wildman–Crippen MR) is 72.0 cm³/mol. The topological polar surface area (TPSA) is 110 Å². The van der Waals surface area contributed by atoms with Gasteiger partial charge in [-0.1, -0.05) is 13.8 Å². The average molecular weight is 284 g/mol. The Hall–Kier alpha value is -1.96. The lowest BCUT2D eigenvalue weighted by Gasteiger charge is -2.25. The molecule has 0 bridgehead atoms. The number of rotatable bonds is 8. The molecule has 0 aliphatic carbocycles. The Bertz CT molecular complexity index is 468. The molecule has 8 nitrogen and oxygen atoms in total. The minimum Gasteiger partial charge on any atom is -0.388 e. The van der Waals surface area contributed by atoms with E-state index in [0.717, 1.165) is 0 Å². The summed E-state index contributed by atoms with van der Waals surface area (Å²) in [5.41, 5.74) is -0.872. The van der Waals surface area contributed by atoms with Crippen molar-refractivity contribution in [2.45, 2.75) is 45.3 Å². The predicted octanol–water partition coefficient (Wildman–Crippen LogP) is 0.849. The first kappa shape index (κ1) is 16.1. The van der Waals surface area contributed by atoms with E-state index in [1.165, 1.54) is 17.1 Å². The van der Waals surface area contributed by atoms with Crippen LogP contribution in [0.1, 0.15) is 33.1 Å². The van der Waals surface area contributed by atoms with E-state index in [4.69, 9.17) is 0 Å². The number of aliphatic hydroxyl groups is 1. The number of nitrogens with one attached hydrogen (secondary N) is 1. The second kappa shape index (κ2) is 6.99. The minimum atomic E-state index is -0.872. The summed E-state index contributed by atoms with van der Waals surface area (Å²) in [5.74, 6) is -0.446. The fourth-order valence-corrected chi connectivity index (χ4v) is 1.65. The van der Waals surface area contributed by atoms with E-state index in [0.29, 0.717) is 19.4 Å². The summed E-state index contributed by atoms with van der Waals surface area (Å²) in [6.45, 7) is 4.24. The molecule has 0 aliphatic heterocycles. The molecule has 0 atom stereocenters. The summed E-state index contributed by atoms with van der Waals surface area (Å²) in [5, 5.41) is 23.1. The molecule has 20 heavy (non-hydrogen) atoms. The molecule has 0 aliphatic rings. The van der Waals surface area contributed by atoms with Gasteiger partial charge in [-0.05, 0) is 22.7 Å². The molecule has 1 amide bonds. The number of nitro groups is 1. The summed E-state index contributed by atoms with van der Waals surface area (Å²) in [4.78, 5) is 25.1. The Morgan fingerprint density at radius 1 is 1.55 bits per heavy atom. The van der Waals surface area contributed by atoms with Gasteiger partial charge in [0.05, 0.1) is 5.60 Å². The van der Waals surface area contributed by atoms with E-state index in [2.05, 4.69) is 10.3 Å². The Morgan fingerprint density at radius 2 is 2.20 bits per heavy atom. The Balaban J connectivity index is 2.37. The lowest BCUT2D eigenvalue weighted by Crippen LogP contribution is -2.42. The second-order valence-corrected chi connectivity index (χ2v) is 4.68. The van der Waals surface area contributed by atoms with Gasteiger partial charge in [0.1, 0.15) is 6.20 Å². The molecule has 1 aromatic rings. The van der Waals surface area contributed by atoms with Gasteiger partial charge in [0.15, 0.2) is 0 Å². The van der Waals surface area contributed by atoms with Gasteiger partial charge >= 0.3 is 5.82 Å². The molecule has 0 fully saturated rings. The molecule has 0 saturated heterocycles. The van der Waals surface area contributed by atoms with Gasteiger partial charge in [-0.2, -0.15) is 0 Å². The normalized spacial score (nSPS) is 11.3. The van der Waals surface area contributed by atoms with Gasteiger partial charge in [-0.15, -0.1) is 0 Å². The zero-order valence-electron chi connectivity index (χ0n) is 11.7. The van der Waals surface area contributed by atoms with Gasteiger partial charge < -0.3 is 25.1 Å². The molecule has 0 unspecified atom stereocenters. The standard InChI is InChI=1S/C12H20N4O4/c1-3-12(18,4-2)8-13-11(17)5-6-15-7-10(14-9-15)16(19)20/h7,9,18H,3-6,8H2,1-2H3,(H,13,17). The highest BCUT2D eigenvalue weighted by atomic mass is 16.6. The Kier molecular flexibility index (Phi) is 5.63. The number of carbonyl (C=O) groups is 1. The molecular formula is C12H20N4O4. The summed E-state index contributed by atoms with van der Waals surface area (Å²) >= 11 is 0. The third kappa shape index (κ3) is 4.61. The SMILES string of the molecule is CCC(O)(CC)CNC(=O)CCn1cnc([N+](=O)[O-])c1. The van der Waals surface area contributed by atoms with Crippen molar-refractivity contribution in [2.75, 3.05) is 6.54 Å². The first-order chi connectivity index (χ1) is 9.40. The number of aromatic nitrogens is 2. The molecule has 0 saturated carbocycles. The van der Waals surface area contributed by atoms with Crippen LogP contribution in [-0.2, 0) is 11.3 Å². The van der Waals surface area contributed by atoms with Crippen LogP contribution in [0.3, 0.4) is 0 Å². The Morgan fingerprint density at radius 3 is 2.70 bits per heavy atom. The largest absolute Gasteiger partial charge is 0.388 e. The van der Waals surface area contributed by atoms with E-state index in [1.54, 1.807) is 0 Å². The van der Waals surface area contributed by atoms with Crippen LogP contribution in [0, 0.1) is 10.1 Å². The number of hydrogen-bond donors (Lipinski definition) is 2. The maximum Gasteiger partial charge on any atom is 0.381 e. The lowest BCUT2D eigenvalue weighted by molar-refractivity contribution is -0.389. The molecule has 1 aromatic heterocycles. The fourth-order valence-electron chi connectivity index (χ4n) is 1.65. The summed E-state index contributed by atoms with van der Waals surface area (Å²) in [7, 11) is 0. The third-order valence-electron chi connectivity index (χ3n) is 3.33. The van der Waals surface area contributed by atoms with Crippen molar-refractivity contribution in [3.63, 3.8) is 0 Å². The van der Waals surface area contributed by atoms with Gasteiger partial charge in [0, 0.05) is 19.5 Å². The van der Waals surface area contributed by atoms with Crippen LogP contribution in [0.15, 0.2) is 12.5 Å². The van der Waals surface area contributed by atoms with Crippen molar-refractivity contribution in [3.05, 3.63) is 22.6 Å². The number of amides is 1. The van der Waals surface area contributed by atoms with Crippen LogP contribution in [0.5, 0.6) is 0 Å². The molecule has 0 aromatic carbocycles. The highest BCUT2D eigenvalue weighted by Crippen LogP contribution is 2.13. The Labute approximate surface area is 117 Å². The molecule has 2 N–H and O–H groups in total. The van der Waals surface area contributed by atoms with Gasteiger partial charge in [0.25, 0.3) is 0 Å². The van der Waals surface area contributed by atoms with E-state index < -0.39 is 10.5 Å². The number of nitrogens with zero attached hydrogens (tertiary/aromatic N) is 3. The third-order valence-corrected chi connectivity index (χ3v) is 3.33. The molecule has 0 radical (unpaired) electrons.